The molecule has 1 aromatic carbocycles. The number of benzene rings is 1. The van der Waals surface area contributed by atoms with Crippen LogP contribution in [0.25, 0.3) is 5.69 Å². The van der Waals surface area contributed by atoms with Crippen LogP contribution in [-0.2, 0) is 11.0 Å². The molecule has 5 nitrogen and oxygen atoms in total. The summed E-state index contributed by atoms with van der Waals surface area (Å²) in [6, 6.07) is 10.0. The molecule has 0 spiro atoms. The molecule has 0 saturated heterocycles. The number of nitrogens with one attached hydrogen (secondary N) is 1. The van der Waals surface area contributed by atoms with E-state index in [0.717, 1.165) is 17.4 Å². The molecular formula is C16H10ClF3N4OS3. The van der Waals surface area contributed by atoms with Crippen LogP contribution in [0.2, 0.25) is 5.02 Å². The summed E-state index contributed by atoms with van der Waals surface area (Å²) < 4.78 is 40.6. The Labute approximate surface area is 175 Å². The van der Waals surface area contributed by atoms with Gasteiger partial charge in [0, 0.05) is 6.20 Å². The predicted molar refractivity (Wildman–Crippen MR) is 106 cm³/mol. The van der Waals surface area contributed by atoms with E-state index in [4.69, 9.17) is 23.8 Å². The van der Waals surface area contributed by atoms with E-state index in [1.165, 1.54) is 11.3 Å². The molecule has 0 aliphatic carbocycles. The lowest BCUT2D eigenvalue weighted by Gasteiger charge is -2.09. The van der Waals surface area contributed by atoms with Crippen molar-refractivity contribution in [2.45, 2.75) is 10.5 Å². The standard InChI is InChI=1S/C16H10ClF3N4OS3/c17-11-6-9(16(18,19)20)7-21-13(11)22-12(25)8-27-14-23-24(15(26)28-14)10-4-2-1-3-5-10/h1-7H,8H2,(H,21,22,25). The molecular weight excluding hydrogens is 453 g/mol. The van der Waals surface area contributed by atoms with Gasteiger partial charge < -0.3 is 5.32 Å². The van der Waals surface area contributed by atoms with Crippen molar-refractivity contribution in [2.24, 2.45) is 0 Å². The van der Waals surface area contributed by atoms with Gasteiger partial charge in [0.05, 0.1) is 22.0 Å². The third kappa shape index (κ3) is 5.10. The number of halogens is 4. The maximum Gasteiger partial charge on any atom is 0.417 e. The van der Waals surface area contributed by atoms with Gasteiger partial charge in [-0.15, -0.1) is 5.10 Å². The Bertz CT molecular complexity index is 1050. The highest BCUT2D eigenvalue weighted by atomic mass is 35.5. The van der Waals surface area contributed by atoms with Crippen molar-refractivity contribution < 1.29 is 18.0 Å². The molecule has 0 unspecified atom stereocenters. The number of thioether (sulfide) groups is 1. The topological polar surface area (TPSA) is 59.8 Å². The van der Waals surface area contributed by atoms with E-state index in [1.807, 2.05) is 30.3 Å². The second-order valence-electron chi connectivity index (χ2n) is 5.27. The van der Waals surface area contributed by atoms with E-state index in [9.17, 15) is 18.0 Å². The van der Waals surface area contributed by atoms with E-state index in [1.54, 1.807) is 4.68 Å². The number of carbonyl (C=O) groups excluding carboxylic acids is 1. The lowest BCUT2D eigenvalue weighted by Crippen LogP contribution is -2.16. The van der Waals surface area contributed by atoms with E-state index >= 15 is 0 Å². The number of para-hydroxylation sites is 1. The number of hydrogen-bond acceptors (Lipinski definition) is 6. The van der Waals surface area contributed by atoms with Gasteiger partial charge in [-0.3, -0.25) is 4.79 Å². The van der Waals surface area contributed by atoms with Crippen molar-refractivity contribution in [2.75, 3.05) is 11.1 Å². The maximum atomic E-state index is 12.6. The van der Waals surface area contributed by atoms with Gasteiger partial charge >= 0.3 is 6.18 Å². The number of amides is 1. The van der Waals surface area contributed by atoms with E-state index < -0.39 is 17.6 Å². The van der Waals surface area contributed by atoms with Gasteiger partial charge in [-0.25, -0.2) is 9.67 Å². The number of anilines is 1. The number of pyridine rings is 1. The number of rotatable bonds is 5. The Morgan fingerprint density at radius 1 is 1.32 bits per heavy atom. The minimum Gasteiger partial charge on any atom is -0.309 e. The van der Waals surface area contributed by atoms with Gasteiger partial charge in [-0.05, 0) is 30.4 Å². The fourth-order valence-corrected chi connectivity index (χ4v) is 4.41. The van der Waals surface area contributed by atoms with E-state index in [0.29, 0.717) is 20.6 Å². The molecule has 0 radical (unpaired) electrons. The first-order valence-corrected chi connectivity index (χ1v) is 10.1. The van der Waals surface area contributed by atoms with E-state index in [-0.39, 0.29) is 16.6 Å². The molecule has 2 heterocycles. The minimum atomic E-state index is -4.56. The quantitative estimate of drug-likeness (QED) is 0.403. The van der Waals surface area contributed by atoms with Gasteiger partial charge in [0.2, 0.25) is 5.91 Å². The van der Waals surface area contributed by atoms with Crippen molar-refractivity contribution >= 4 is 58.6 Å². The van der Waals surface area contributed by atoms with Gasteiger partial charge in [0.15, 0.2) is 14.1 Å². The summed E-state index contributed by atoms with van der Waals surface area (Å²) in [6.07, 6.45) is -3.95. The van der Waals surface area contributed by atoms with Crippen LogP contribution in [-0.4, -0.2) is 26.4 Å². The smallest absolute Gasteiger partial charge is 0.309 e. The predicted octanol–water partition coefficient (Wildman–Crippen LogP) is 5.46. The molecule has 2 aromatic heterocycles. The molecule has 3 rings (SSSR count). The molecule has 0 fully saturated rings. The monoisotopic (exact) mass is 462 g/mol. The Morgan fingerprint density at radius 2 is 2.04 bits per heavy atom. The number of hydrogen-bond donors (Lipinski definition) is 1. The summed E-state index contributed by atoms with van der Waals surface area (Å²) in [7, 11) is 0. The Balaban J connectivity index is 1.63. The third-order valence-corrected chi connectivity index (χ3v) is 5.94. The molecule has 1 amide bonds. The fourth-order valence-electron chi connectivity index (χ4n) is 2.03. The van der Waals surface area contributed by atoms with Crippen LogP contribution in [0, 0.1) is 3.95 Å². The Hall–Kier alpha value is -1.95. The van der Waals surface area contributed by atoms with Crippen molar-refractivity contribution in [1.29, 1.82) is 0 Å². The molecule has 0 saturated carbocycles. The van der Waals surface area contributed by atoms with Crippen LogP contribution in [0.5, 0.6) is 0 Å². The average molecular weight is 463 g/mol. The van der Waals surface area contributed by atoms with Crippen LogP contribution in [0.4, 0.5) is 19.0 Å². The zero-order valence-corrected chi connectivity index (χ0v) is 16.9. The van der Waals surface area contributed by atoms with Crippen molar-refractivity contribution in [3.05, 3.63) is 57.1 Å². The lowest BCUT2D eigenvalue weighted by atomic mass is 10.3. The van der Waals surface area contributed by atoms with Gasteiger partial charge in [0.1, 0.15) is 0 Å². The first-order chi connectivity index (χ1) is 13.2. The van der Waals surface area contributed by atoms with E-state index in [2.05, 4.69) is 15.4 Å². The summed E-state index contributed by atoms with van der Waals surface area (Å²) in [5.74, 6) is -0.648. The van der Waals surface area contributed by atoms with Gasteiger partial charge in [-0.2, -0.15) is 13.2 Å². The summed E-state index contributed by atoms with van der Waals surface area (Å²) >= 11 is 13.5. The summed E-state index contributed by atoms with van der Waals surface area (Å²) in [6.45, 7) is 0. The number of aromatic nitrogens is 3. The zero-order valence-electron chi connectivity index (χ0n) is 13.7. The fraction of sp³-hybridized carbons (Fsp3) is 0.125. The van der Waals surface area contributed by atoms with Crippen molar-refractivity contribution in [3.8, 4) is 5.69 Å². The Morgan fingerprint density at radius 3 is 2.68 bits per heavy atom. The van der Waals surface area contributed by atoms with Gasteiger partial charge in [0.25, 0.3) is 0 Å². The van der Waals surface area contributed by atoms with Crippen LogP contribution in [0.15, 0.2) is 46.9 Å². The number of nitrogens with zero attached hydrogens (tertiary/aromatic N) is 3. The normalized spacial score (nSPS) is 11.4. The largest absolute Gasteiger partial charge is 0.417 e. The van der Waals surface area contributed by atoms with Crippen molar-refractivity contribution in [3.63, 3.8) is 0 Å². The summed E-state index contributed by atoms with van der Waals surface area (Å²) in [4.78, 5) is 15.6. The molecule has 0 aliphatic heterocycles. The molecule has 1 N–H and O–H groups in total. The molecule has 3 aromatic rings. The Kier molecular flexibility index (Phi) is 6.38. The van der Waals surface area contributed by atoms with Gasteiger partial charge in [-0.1, -0.05) is 52.9 Å². The second kappa shape index (κ2) is 8.60. The number of carbonyl (C=O) groups is 1. The first-order valence-electron chi connectivity index (χ1n) is 7.55. The molecule has 28 heavy (non-hydrogen) atoms. The second-order valence-corrected chi connectivity index (χ2v) is 8.52. The number of alkyl halides is 3. The molecule has 0 bridgehead atoms. The highest BCUT2D eigenvalue weighted by Gasteiger charge is 2.31. The summed E-state index contributed by atoms with van der Waals surface area (Å²) in [5, 5.41) is 6.45. The maximum absolute atomic E-state index is 12.6. The van der Waals surface area contributed by atoms with Crippen LogP contribution in [0.3, 0.4) is 0 Å². The molecule has 146 valence electrons. The van der Waals surface area contributed by atoms with Crippen LogP contribution >= 0.6 is 46.9 Å². The van der Waals surface area contributed by atoms with Crippen LogP contribution in [0.1, 0.15) is 5.56 Å². The molecule has 12 heteroatoms. The lowest BCUT2D eigenvalue weighted by molar-refractivity contribution is -0.137. The summed E-state index contributed by atoms with van der Waals surface area (Å²) in [5.41, 5.74) is -0.183. The zero-order chi connectivity index (χ0) is 20.3. The molecule has 0 atom stereocenters. The average Bonchev–Trinajstić information content (AvgIpc) is 3.02. The third-order valence-electron chi connectivity index (χ3n) is 3.28. The van der Waals surface area contributed by atoms with Crippen LogP contribution < -0.4 is 5.32 Å². The molecule has 0 aliphatic rings. The highest BCUT2D eigenvalue weighted by molar-refractivity contribution is 8.01. The first kappa shape index (κ1) is 20.8. The SMILES string of the molecule is O=C(CSc1nn(-c2ccccc2)c(=S)s1)Nc1ncc(C(F)(F)F)cc1Cl. The minimum absolute atomic E-state index is 0.0316. The highest BCUT2D eigenvalue weighted by Crippen LogP contribution is 2.32. The van der Waals surface area contributed by atoms with Crippen molar-refractivity contribution in [1.82, 2.24) is 14.8 Å².